The fourth-order valence-corrected chi connectivity index (χ4v) is 3.27. The van der Waals surface area contributed by atoms with E-state index < -0.39 is 0 Å². The van der Waals surface area contributed by atoms with Gasteiger partial charge in [-0.3, -0.25) is 0 Å². The lowest BCUT2D eigenvalue weighted by Crippen LogP contribution is -2.22. The molecule has 1 atom stereocenters. The van der Waals surface area contributed by atoms with Crippen LogP contribution in [0.5, 0.6) is 0 Å². The first-order chi connectivity index (χ1) is 10.7. The first-order valence-corrected chi connectivity index (χ1v) is 7.63. The highest BCUT2D eigenvalue weighted by Crippen LogP contribution is 2.31. The van der Waals surface area contributed by atoms with Crippen molar-refractivity contribution in [2.24, 2.45) is 0 Å². The van der Waals surface area contributed by atoms with Crippen molar-refractivity contribution in [1.29, 1.82) is 0 Å². The standard InChI is InChI=1S/C21H18O/c1-15-11-12-20(22-15)21(2)13-17-9-6-10-18(19(17)14-21)16-7-4-3-5-8-16/h3-14H,1-2H3. The van der Waals surface area contributed by atoms with E-state index in [0.717, 1.165) is 11.5 Å². The van der Waals surface area contributed by atoms with Crippen molar-refractivity contribution in [2.45, 2.75) is 19.3 Å². The van der Waals surface area contributed by atoms with E-state index in [9.17, 15) is 0 Å². The number of fused-ring (bicyclic) bond motifs is 1. The third-order valence-corrected chi connectivity index (χ3v) is 4.40. The summed E-state index contributed by atoms with van der Waals surface area (Å²) in [6, 6.07) is 21.2. The maximum Gasteiger partial charge on any atom is 0.117 e. The molecule has 0 bridgehead atoms. The Bertz CT molecular complexity index is 947. The Morgan fingerprint density at radius 3 is 2.36 bits per heavy atom. The predicted molar refractivity (Wildman–Crippen MR) is 90.9 cm³/mol. The van der Waals surface area contributed by atoms with Crippen molar-refractivity contribution in [1.82, 2.24) is 0 Å². The van der Waals surface area contributed by atoms with Gasteiger partial charge in [0.2, 0.25) is 0 Å². The topological polar surface area (TPSA) is 13.1 Å². The van der Waals surface area contributed by atoms with Crippen molar-refractivity contribution in [2.75, 3.05) is 0 Å². The average Bonchev–Trinajstić information content (AvgIpc) is 3.11. The molecular formula is C21H18O. The maximum absolute atomic E-state index is 5.88. The molecule has 0 saturated heterocycles. The maximum atomic E-state index is 5.88. The van der Waals surface area contributed by atoms with Gasteiger partial charge in [0.25, 0.3) is 0 Å². The molecule has 0 fully saturated rings. The van der Waals surface area contributed by atoms with Crippen LogP contribution >= 0.6 is 0 Å². The number of hydrogen-bond acceptors (Lipinski definition) is 1. The zero-order valence-corrected chi connectivity index (χ0v) is 12.8. The van der Waals surface area contributed by atoms with Crippen LogP contribution in [0.3, 0.4) is 0 Å². The van der Waals surface area contributed by atoms with E-state index in [-0.39, 0.29) is 5.41 Å². The third kappa shape index (κ3) is 2.01. The average molecular weight is 286 g/mol. The molecule has 108 valence electrons. The lowest BCUT2D eigenvalue weighted by Gasteiger charge is -2.15. The van der Waals surface area contributed by atoms with Crippen LogP contribution in [-0.4, -0.2) is 0 Å². The van der Waals surface area contributed by atoms with E-state index in [2.05, 4.69) is 73.7 Å². The molecular weight excluding hydrogens is 268 g/mol. The fourth-order valence-electron chi connectivity index (χ4n) is 3.27. The second-order valence-electron chi connectivity index (χ2n) is 6.16. The summed E-state index contributed by atoms with van der Waals surface area (Å²) in [6.45, 7) is 4.20. The highest BCUT2D eigenvalue weighted by molar-refractivity contribution is 5.73. The first-order valence-electron chi connectivity index (χ1n) is 7.63. The summed E-state index contributed by atoms with van der Waals surface area (Å²) in [5, 5.41) is 2.57. The molecule has 1 nitrogen and oxygen atoms in total. The molecule has 1 aliphatic rings. The Morgan fingerprint density at radius 2 is 1.64 bits per heavy atom. The molecule has 2 aromatic carbocycles. The molecule has 4 rings (SSSR count). The lowest BCUT2D eigenvalue weighted by molar-refractivity contribution is 0.458. The van der Waals surface area contributed by atoms with Crippen molar-refractivity contribution < 1.29 is 4.42 Å². The molecule has 1 aromatic heterocycles. The van der Waals surface area contributed by atoms with Gasteiger partial charge >= 0.3 is 0 Å². The lowest BCUT2D eigenvalue weighted by atomic mass is 9.89. The smallest absolute Gasteiger partial charge is 0.117 e. The Hall–Kier alpha value is -2.54. The predicted octanol–water partition coefficient (Wildman–Crippen LogP) is 3.79. The molecule has 0 radical (unpaired) electrons. The van der Waals surface area contributed by atoms with E-state index in [1.807, 2.05) is 13.0 Å². The molecule has 1 aliphatic carbocycles. The van der Waals surface area contributed by atoms with Gasteiger partial charge in [-0.2, -0.15) is 0 Å². The van der Waals surface area contributed by atoms with Gasteiger partial charge in [0, 0.05) is 0 Å². The number of aryl methyl sites for hydroxylation is 1. The minimum Gasteiger partial charge on any atom is -0.465 e. The van der Waals surface area contributed by atoms with Crippen molar-refractivity contribution >= 4 is 12.2 Å². The van der Waals surface area contributed by atoms with Crippen LogP contribution in [0.4, 0.5) is 0 Å². The van der Waals surface area contributed by atoms with E-state index in [4.69, 9.17) is 4.42 Å². The number of furan rings is 1. The second-order valence-corrected chi connectivity index (χ2v) is 6.16. The first kappa shape index (κ1) is 13.1. The SMILES string of the molecule is Cc1ccc(C2(C)C=c3cccc(-c4ccccc4)c3=C2)o1. The number of rotatable bonds is 2. The van der Waals surface area contributed by atoms with Gasteiger partial charge in [0.1, 0.15) is 11.5 Å². The van der Waals surface area contributed by atoms with E-state index >= 15 is 0 Å². The summed E-state index contributed by atoms with van der Waals surface area (Å²) in [6.07, 6.45) is 4.62. The molecule has 1 heteroatoms. The molecule has 22 heavy (non-hydrogen) atoms. The van der Waals surface area contributed by atoms with Gasteiger partial charge in [-0.15, -0.1) is 0 Å². The number of benzene rings is 2. The summed E-state index contributed by atoms with van der Waals surface area (Å²) < 4.78 is 5.88. The monoisotopic (exact) mass is 286 g/mol. The van der Waals surface area contributed by atoms with Crippen LogP contribution in [0.15, 0.2) is 65.1 Å². The van der Waals surface area contributed by atoms with Gasteiger partial charge in [-0.25, -0.2) is 0 Å². The van der Waals surface area contributed by atoms with Crippen LogP contribution in [0.2, 0.25) is 0 Å². The molecule has 0 spiro atoms. The van der Waals surface area contributed by atoms with Gasteiger partial charge in [-0.05, 0) is 47.5 Å². The Balaban J connectivity index is 1.94. The highest BCUT2D eigenvalue weighted by atomic mass is 16.3. The quantitative estimate of drug-likeness (QED) is 0.698. The summed E-state index contributed by atoms with van der Waals surface area (Å²) in [7, 11) is 0. The third-order valence-electron chi connectivity index (χ3n) is 4.40. The molecule has 0 aliphatic heterocycles. The largest absolute Gasteiger partial charge is 0.465 e. The normalized spacial score (nSPS) is 19.4. The minimum absolute atomic E-state index is 0.179. The van der Waals surface area contributed by atoms with Crippen molar-refractivity contribution in [3.63, 3.8) is 0 Å². The summed E-state index contributed by atoms with van der Waals surface area (Å²) >= 11 is 0. The van der Waals surface area contributed by atoms with Gasteiger partial charge in [0.15, 0.2) is 0 Å². The van der Waals surface area contributed by atoms with Gasteiger partial charge in [0.05, 0.1) is 5.41 Å². The minimum atomic E-state index is -0.179. The molecule has 0 saturated carbocycles. The molecule has 3 aromatic rings. The van der Waals surface area contributed by atoms with Crippen LogP contribution in [0.1, 0.15) is 18.4 Å². The van der Waals surface area contributed by atoms with Crippen LogP contribution in [-0.2, 0) is 5.41 Å². The zero-order valence-electron chi connectivity index (χ0n) is 12.8. The molecule has 1 unspecified atom stereocenters. The van der Waals surface area contributed by atoms with E-state index in [1.54, 1.807) is 0 Å². The second kappa shape index (κ2) is 4.74. The molecule has 0 N–H and O–H groups in total. The van der Waals surface area contributed by atoms with Crippen LogP contribution in [0, 0.1) is 6.92 Å². The summed E-state index contributed by atoms with van der Waals surface area (Å²) in [5.74, 6) is 1.96. The Morgan fingerprint density at radius 1 is 0.818 bits per heavy atom. The fraction of sp³-hybridized carbons (Fsp3) is 0.143. The van der Waals surface area contributed by atoms with Crippen molar-refractivity contribution in [3.05, 3.63) is 82.6 Å². The summed E-state index contributed by atoms with van der Waals surface area (Å²) in [5.41, 5.74) is 2.35. The molecule has 1 heterocycles. The Kier molecular flexibility index (Phi) is 2.83. The molecule has 0 amide bonds. The van der Waals surface area contributed by atoms with Crippen molar-refractivity contribution in [3.8, 4) is 11.1 Å². The summed E-state index contributed by atoms with van der Waals surface area (Å²) in [4.78, 5) is 0. The highest BCUT2D eigenvalue weighted by Gasteiger charge is 2.28. The van der Waals surface area contributed by atoms with Crippen LogP contribution < -0.4 is 10.4 Å². The van der Waals surface area contributed by atoms with Gasteiger partial charge < -0.3 is 4.42 Å². The van der Waals surface area contributed by atoms with Crippen LogP contribution in [0.25, 0.3) is 23.3 Å². The van der Waals surface area contributed by atoms with E-state index in [1.165, 1.54) is 21.6 Å². The van der Waals surface area contributed by atoms with E-state index in [0.29, 0.717) is 0 Å². The van der Waals surface area contributed by atoms with Gasteiger partial charge in [-0.1, -0.05) is 60.7 Å². The Labute approximate surface area is 130 Å². The zero-order chi connectivity index (χ0) is 15.2. The number of hydrogen-bond donors (Lipinski definition) is 0.